The molecule has 2 rings (SSSR count). The highest BCUT2D eigenvalue weighted by atomic mass is 19.1. The van der Waals surface area contributed by atoms with Crippen LogP contribution in [0.3, 0.4) is 0 Å². The summed E-state index contributed by atoms with van der Waals surface area (Å²) in [6.07, 6.45) is 1.26. The molecule has 1 amide bonds. The summed E-state index contributed by atoms with van der Waals surface area (Å²) < 4.78 is 18.9. The maximum atomic E-state index is 13.6. The molecule has 1 saturated heterocycles. The zero-order valence-electron chi connectivity index (χ0n) is 10.1. The number of benzene rings is 1. The lowest BCUT2D eigenvalue weighted by molar-refractivity contribution is -0.130. The number of carbonyl (C=O) groups excluding carboxylic acids is 1. The normalized spacial score (nSPS) is 18.9. The minimum Gasteiger partial charge on any atom is -0.368 e. The van der Waals surface area contributed by atoms with Gasteiger partial charge in [-0.05, 0) is 24.5 Å². The Kier molecular flexibility index (Phi) is 4.28. The van der Waals surface area contributed by atoms with Crippen LogP contribution >= 0.6 is 0 Å². The fourth-order valence-corrected chi connectivity index (χ4v) is 1.94. The molecule has 1 aromatic rings. The van der Waals surface area contributed by atoms with E-state index in [0.29, 0.717) is 18.7 Å². The molecule has 1 aliphatic heterocycles. The molecule has 0 spiro atoms. The molecular formula is C13H17FN2O2. The van der Waals surface area contributed by atoms with Crippen molar-refractivity contribution in [3.05, 3.63) is 35.1 Å². The van der Waals surface area contributed by atoms with E-state index < -0.39 is 0 Å². The van der Waals surface area contributed by atoms with Crippen LogP contribution in [0.1, 0.15) is 24.0 Å². The number of halogens is 1. The molecular weight excluding hydrogens is 235 g/mol. The highest BCUT2D eigenvalue weighted by Gasteiger charge is 2.23. The number of nitrogens with two attached hydrogens (primary N) is 1. The standard InChI is InChI=1S/C13H17FN2O2/c14-11-6-9(7-15)3-4-10(11)8-16-13(17)12-2-1-5-18-12/h3-4,6,12H,1-2,5,7-8,15H2,(H,16,17). The van der Waals surface area contributed by atoms with E-state index >= 15 is 0 Å². The second-order valence-corrected chi connectivity index (χ2v) is 4.35. The van der Waals surface area contributed by atoms with Crippen molar-refractivity contribution >= 4 is 5.91 Å². The van der Waals surface area contributed by atoms with Crippen LogP contribution in [0.25, 0.3) is 0 Å². The van der Waals surface area contributed by atoms with Gasteiger partial charge in [-0.2, -0.15) is 0 Å². The van der Waals surface area contributed by atoms with E-state index in [-0.39, 0.29) is 24.4 Å². The first-order valence-electron chi connectivity index (χ1n) is 6.07. The van der Waals surface area contributed by atoms with Gasteiger partial charge in [0.15, 0.2) is 0 Å². The van der Waals surface area contributed by atoms with Gasteiger partial charge in [-0.25, -0.2) is 4.39 Å². The fraction of sp³-hybridized carbons (Fsp3) is 0.462. The van der Waals surface area contributed by atoms with Crippen LogP contribution in [0.15, 0.2) is 18.2 Å². The van der Waals surface area contributed by atoms with Gasteiger partial charge in [0.25, 0.3) is 0 Å². The zero-order chi connectivity index (χ0) is 13.0. The second-order valence-electron chi connectivity index (χ2n) is 4.35. The van der Waals surface area contributed by atoms with Gasteiger partial charge in [0, 0.05) is 25.3 Å². The van der Waals surface area contributed by atoms with Crippen molar-refractivity contribution in [2.24, 2.45) is 5.73 Å². The van der Waals surface area contributed by atoms with Crippen molar-refractivity contribution in [3.63, 3.8) is 0 Å². The summed E-state index contributed by atoms with van der Waals surface area (Å²) in [5.41, 5.74) is 6.62. The quantitative estimate of drug-likeness (QED) is 0.842. The molecule has 1 aromatic carbocycles. The predicted molar refractivity (Wildman–Crippen MR) is 65.1 cm³/mol. The highest BCUT2D eigenvalue weighted by Crippen LogP contribution is 2.13. The number of hydrogen-bond acceptors (Lipinski definition) is 3. The largest absolute Gasteiger partial charge is 0.368 e. The summed E-state index contributed by atoms with van der Waals surface area (Å²) in [6.45, 7) is 1.10. The number of nitrogens with one attached hydrogen (secondary N) is 1. The van der Waals surface area contributed by atoms with E-state index in [4.69, 9.17) is 10.5 Å². The molecule has 1 unspecified atom stereocenters. The molecule has 1 atom stereocenters. The average Bonchev–Trinajstić information content (AvgIpc) is 2.90. The van der Waals surface area contributed by atoms with Gasteiger partial charge in [0.05, 0.1) is 0 Å². The van der Waals surface area contributed by atoms with E-state index in [1.807, 2.05) is 0 Å². The molecule has 0 aromatic heterocycles. The number of ether oxygens (including phenoxy) is 1. The molecule has 1 aliphatic rings. The summed E-state index contributed by atoms with van der Waals surface area (Å²) in [5, 5.41) is 2.68. The van der Waals surface area contributed by atoms with Gasteiger partial charge >= 0.3 is 0 Å². The Morgan fingerprint density at radius 1 is 1.56 bits per heavy atom. The van der Waals surface area contributed by atoms with Crippen molar-refractivity contribution in [3.8, 4) is 0 Å². The minimum absolute atomic E-state index is 0.171. The van der Waals surface area contributed by atoms with Crippen LogP contribution in [0.5, 0.6) is 0 Å². The summed E-state index contributed by atoms with van der Waals surface area (Å²) >= 11 is 0. The predicted octanol–water partition coefficient (Wildman–Crippen LogP) is 1.08. The molecule has 98 valence electrons. The van der Waals surface area contributed by atoms with E-state index in [1.165, 1.54) is 6.07 Å². The fourth-order valence-electron chi connectivity index (χ4n) is 1.94. The summed E-state index contributed by atoms with van der Waals surface area (Å²) in [6, 6.07) is 4.80. The van der Waals surface area contributed by atoms with Gasteiger partial charge in [-0.3, -0.25) is 4.79 Å². The molecule has 1 fully saturated rings. The lowest BCUT2D eigenvalue weighted by Crippen LogP contribution is -2.33. The first kappa shape index (κ1) is 13.0. The minimum atomic E-state index is -0.378. The van der Waals surface area contributed by atoms with E-state index in [2.05, 4.69) is 5.32 Å². The first-order valence-corrected chi connectivity index (χ1v) is 6.07. The number of amides is 1. The summed E-state index contributed by atoms with van der Waals surface area (Å²) in [5.74, 6) is -0.514. The topological polar surface area (TPSA) is 64.3 Å². The van der Waals surface area contributed by atoms with Crippen LogP contribution in [-0.4, -0.2) is 18.6 Å². The van der Waals surface area contributed by atoms with E-state index in [1.54, 1.807) is 12.1 Å². The molecule has 0 radical (unpaired) electrons. The lowest BCUT2D eigenvalue weighted by Gasteiger charge is -2.11. The van der Waals surface area contributed by atoms with Crippen molar-refractivity contribution in [2.75, 3.05) is 6.61 Å². The van der Waals surface area contributed by atoms with Crippen LogP contribution in [0.4, 0.5) is 4.39 Å². The molecule has 18 heavy (non-hydrogen) atoms. The van der Waals surface area contributed by atoms with Crippen LogP contribution in [0.2, 0.25) is 0 Å². The molecule has 1 heterocycles. The number of rotatable bonds is 4. The molecule has 5 heteroatoms. The van der Waals surface area contributed by atoms with E-state index in [0.717, 1.165) is 18.4 Å². The Bertz CT molecular complexity index is 431. The Morgan fingerprint density at radius 3 is 3.00 bits per heavy atom. The Hall–Kier alpha value is -1.46. The molecule has 0 bridgehead atoms. The first-order chi connectivity index (χ1) is 8.70. The highest BCUT2D eigenvalue weighted by molar-refractivity contribution is 5.80. The van der Waals surface area contributed by atoms with Gasteiger partial charge in [-0.15, -0.1) is 0 Å². The number of carbonyl (C=O) groups is 1. The average molecular weight is 252 g/mol. The van der Waals surface area contributed by atoms with Gasteiger partial charge in [0.2, 0.25) is 5.91 Å². The van der Waals surface area contributed by atoms with Gasteiger partial charge in [0.1, 0.15) is 11.9 Å². The Morgan fingerprint density at radius 2 is 2.39 bits per heavy atom. The van der Waals surface area contributed by atoms with Crippen LogP contribution < -0.4 is 11.1 Å². The van der Waals surface area contributed by atoms with Gasteiger partial charge in [-0.1, -0.05) is 12.1 Å². The number of hydrogen-bond donors (Lipinski definition) is 2. The van der Waals surface area contributed by atoms with Crippen molar-refractivity contribution in [1.82, 2.24) is 5.32 Å². The third-order valence-electron chi connectivity index (χ3n) is 3.03. The SMILES string of the molecule is NCc1ccc(CNC(=O)C2CCCO2)c(F)c1. The Balaban J connectivity index is 1.91. The third-order valence-corrected chi connectivity index (χ3v) is 3.03. The molecule has 3 N–H and O–H groups in total. The summed E-state index contributed by atoms with van der Waals surface area (Å²) in [7, 11) is 0. The van der Waals surface area contributed by atoms with Crippen LogP contribution in [0, 0.1) is 5.82 Å². The van der Waals surface area contributed by atoms with Crippen molar-refractivity contribution in [1.29, 1.82) is 0 Å². The monoisotopic (exact) mass is 252 g/mol. The Labute approximate surface area is 105 Å². The van der Waals surface area contributed by atoms with Gasteiger partial charge < -0.3 is 15.8 Å². The lowest BCUT2D eigenvalue weighted by atomic mass is 10.1. The summed E-state index contributed by atoms with van der Waals surface area (Å²) in [4.78, 5) is 11.7. The molecule has 0 aliphatic carbocycles. The molecule has 4 nitrogen and oxygen atoms in total. The smallest absolute Gasteiger partial charge is 0.249 e. The second kappa shape index (κ2) is 5.93. The molecule has 0 saturated carbocycles. The maximum Gasteiger partial charge on any atom is 0.249 e. The third kappa shape index (κ3) is 3.05. The van der Waals surface area contributed by atoms with Crippen LogP contribution in [-0.2, 0) is 22.6 Å². The van der Waals surface area contributed by atoms with Crippen molar-refractivity contribution < 1.29 is 13.9 Å². The van der Waals surface area contributed by atoms with E-state index in [9.17, 15) is 9.18 Å². The van der Waals surface area contributed by atoms with Crippen molar-refractivity contribution in [2.45, 2.75) is 32.0 Å². The maximum absolute atomic E-state index is 13.6. The zero-order valence-corrected chi connectivity index (χ0v) is 10.1.